The van der Waals surface area contributed by atoms with Crippen molar-refractivity contribution < 1.29 is 4.79 Å². The maximum Gasteiger partial charge on any atom is 0.253 e. The molecule has 0 radical (unpaired) electrons. The van der Waals surface area contributed by atoms with Crippen LogP contribution in [-0.4, -0.2) is 30.6 Å². The van der Waals surface area contributed by atoms with Gasteiger partial charge in [-0.3, -0.25) is 4.79 Å². The summed E-state index contributed by atoms with van der Waals surface area (Å²) >= 11 is 15.7. The van der Waals surface area contributed by atoms with Crippen LogP contribution >= 0.6 is 39.1 Å². The first kappa shape index (κ1) is 21.6. The van der Waals surface area contributed by atoms with Crippen molar-refractivity contribution in [3.05, 3.63) is 92.6 Å². The number of fused-ring (bicyclic) bond motifs is 1. The summed E-state index contributed by atoms with van der Waals surface area (Å²) in [5.41, 5.74) is 3.33. The molecule has 164 valence electrons. The Morgan fingerprint density at radius 2 is 1.91 bits per heavy atom. The van der Waals surface area contributed by atoms with E-state index in [0.717, 1.165) is 11.1 Å². The standard InChI is InChI=1S/C23H15BrCl2N6O/c24-19-11-18(32(31-19)22-16(26)4-2-10-27-22)21-29-17-5-1-3-15(20(17)30-21)23(33)28-12-13-6-8-14(25)9-7-13/h1-11H,12H2,(H,28,33)(H,29,30). The van der Waals surface area contributed by atoms with E-state index in [1.54, 1.807) is 41.2 Å². The molecule has 2 aromatic carbocycles. The molecule has 33 heavy (non-hydrogen) atoms. The molecule has 2 N–H and O–H groups in total. The number of nitrogens with one attached hydrogen (secondary N) is 2. The highest BCUT2D eigenvalue weighted by molar-refractivity contribution is 9.10. The number of H-pyrrole nitrogens is 1. The first-order valence-corrected chi connectivity index (χ1v) is 11.4. The molecule has 1 amide bonds. The van der Waals surface area contributed by atoms with E-state index in [4.69, 9.17) is 28.2 Å². The third-order valence-corrected chi connectivity index (χ3v) is 5.92. The monoisotopic (exact) mass is 540 g/mol. The third kappa shape index (κ3) is 4.37. The molecule has 5 aromatic rings. The maximum absolute atomic E-state index is 12.9. The number of carbonyl (C=O) groups is 1. The molecule has 3 aromatic heterocycles. The molecule has 3 heterocycles. The van der Waals surface area contributed by atoms with Crippen LogP contribution in [0.5, 0.6) is 0 Å². The van der Waals surface area contributed by atoms with Gasteiger partial charge in [0, 0.05) is 23.8 Å². The molecule has 0 fully saturated rings. The van der Waals surface area contributed by atoms with Crippen LogP contribution in [0.3, 0.4) is 0 Å². The quantitative estimate of drug-likeness (QED) is 0.294. The number of carbonyl (C=O) groups excluding carboxylic acids is 1. The zero-order chi connectivity index (χ0) is 22.9. The molecule has 0 bridgehead atoms. The second-order valence-corrected chi connectivity index (χ2v) is 8.83. The Bertz CT molecular complexity index is 1480. The minimum Gasteiger partial charge on any atom is -0.348 e. The lowest BCUT2D eigenvalue weighted by molar-refractivity contribution is 0.0952. The van der Waals surface area contributed by atoms with Crippen molar-refractivity contribution in [2.75, 3.05) is 0 Å². The molecule has 0 atom stereocenters. The minimum atomic E-state index is -0.226. The van der Waals surface area contributed by atoms with Crippen molar-refractivity contribution in [1.82, 2.24) is 30.0 Å². The Labute approximate surface area is 206 Å². The number of aromatic amines is 1. The van der Waals surface area contributed by atoms with Gasteiger partial charge in [0.15, 0.2) is 11.6 Å². The van der Waals surface area contributed by atoms with Gasteiger partial charge < -0.3 is 10.3 Å². The van der Waals surface area contributed by atoms with Gasteiger partial charge in [-0.05, 0) is 57.9 Å². The van der Waals surface area contributed by atoms with Crippen LogP contribution in [0.1, 0.15) is 15.9 Å². The van der Waals surface area contributed by atoms with Crippen molar-refractivity contribution in [2.45, 2.75) is 6.54 Å². The summed E-state index contributed by atoms with van der Waals surface area (Å²) in [5, 5.41) is 8.49. The third-order valence-electron chi connectivity index (χ3n) is 4.99. The van der Waals surface area contributed by atoms with Crippen LogP contribution < -0.4 is 5.32 Å². The lowest BCUT2D eigenvalue weighted by atomic mass is 10.1. The SMILES string of the molecule is O=C(NCc1ccc(Cl)cc1)c1cccc2[nH]c(-c3cc(Br)nn3-c3ncccc3Cl)nc12. The average molecular weight is 542 g/mol. The number of hydrogen-bond donors (Lipinski definition) is 2. The molecular formula is C23H15BrCl2N6O. The number of nitrogens with zero attached hydrogens (tertiary/aromatic N) is 4. The van der Waals surface area contributed by atoms with Crippen molar-refractivity contribution in [2.24, 2.45) is 0 Å². The molecule has 0 aliphatic heterocycles. The maximum atomic E-state index is 12.9. The number of halogens is 3. The van der Waals surface area contributed by atoms with Gasteiger partial charge in [-0.25, -0.2) is 14.6 Å². The highest BCUT2D eigenvalue weighted by Crippen LogP contribution is 2.29. The van der Waals surface area contributed by atoms with Gasteiger partial charge in [0.05, 0.1) is 16.1 Å². The fourth-order valence-electron chi connectivity index (χ4n) is 3.43. The zero-order valence-electron chi connectivity index (χ0n) is 16.9. The molecule has 0 saturated carbocycles. The number of rotatable bonds is 5. The van der Waals surface area contributed by atoms with Crippen LogP contribution in [0.25, 0.3) is 28.4 Å². The van der Waals surface area contributed by atoms with E-state index < -0.39 is 0 Å². The number of aromatic nitrogens is 5. The second-order valence-electron chi connectivity index (χ2n) is 7.17. The van der Waals surface area contributed by atoms with Gasteiger partial charge in [-0.15, -0.1) is 0 Å². The topological polar surface area (TPSA) is 88.5 Å². The van der Waals surface area contributed by atoms with E-state index in [9.17, 15) is 4.79 Å². The van der Waals surface area contributed by atoms with Crippen molar-refractivity contribution in [1.29, 1.82) is 0 Å². The van der Waals surface area contributed by atoms with Gasteiger partial charge in [0.2, 0.25) is 0 Å². The smallest absolute Gasteiger partial charge is 0.253 e. The minimum absolute atomic E-state index is 0.226. The van der Waals surface area contributed by atoms with E-state index in [2.05, 4.69) is 36.3 Å². The predicted octanol–water partition coefficient (Wildman–Crippen LogP) is 5.81. The summed E-state index contributed by atoms with van der Waals surface area (Å²) in [4.78, 5) is 25.3. The molecule has 0 saturated heterocycles. The van der Waals surface area contributed by atoms with Crippen LogP contribution in [0, 0.1) is 0 Å². The first-order valence-electron chi connectivity index (χ1n) is 9.88. The Kier molecular flexibility index (Phi) is 5.88. The number of imidazole rings is 1. The number of hydrogen-bond acceptors (Lipinski definition) is 4. The van der Waals surface area contributed by atoms with E-state index in [1.807, 2.05) is 30.3 Å². The van der Waals surface area contributed by atoms with Crippen LogP contribution in [0.15, 0.2) is 71.5 Å². The first-order chi connectivity index (χ1) is 16.0. The largest absolute Gasteiger partial charge is 0.348 e. The number of para-hydroxylation sites is 1. The number of benzene rings is 2. The molecule has 0 aliphatic rings. The second kappa shape index (κ2) is 8.97. The highest BCUT2D eigenvalue weighted by atomic mass is 79.9. The van der Waals surface area contributed by atoms with Crippen molar-refractivity contribution >= 4 is 56.1 Å². The average Bonchev–Trinajstić information content (AvgIpc) is 3.42. The van der Waals surface area contributed by atoms with Crippen LogP contribution in [0.2, 0.25) is 10.0 Å². The van der Waals surface area contributed by atoms with Crippen LogP contribution in [-0.2, 0) is 6.54 Å². The zero-order valence-corrected chi connectivity index (χ0v) is 20.0. The Morgan fingerprint density at radius 1 is 1.09 bits per heavy atom. The Morgan fingerprint density at radius 3 is 2.70 bits per heavy atom. The van der Waals surface area contributed by atoms with Gasteiger partial charge in [-0.2, -0.15) is 5.10 Å². The summed E-state index contributed by atoms with van der Waals surface area (Å²) in [6, 6.07) is 18.0. The van der Waals surface area contributed by atoms with Gasteiger partial charge in [0.1, 0.15) is 15.8 Å². The summed E-state index contributed by atoms with van der Waals surface area (Å²) in [6.45, 7) is 0.377. The molecule has 7 nitrogen and oxygen atoms in total. The molecular weight excluding hydrogens is 527 g/mol. The molecule has 0 aliphatic carbocycles. The summed E-state index contributed by atoms with van der Waals surface area (Å²) in [5.74, 6) is 0.778. The highest BCUT2D eigenvalue weighted by Gasteiger charge is 2.19. The van der Waals surface area contributed by atoms with Gasteiger partial charge in [0.25, 0.3) is 5.91 Å². The van der Waals surface area contributed by atoms with E-state index in [-0.39, 0.29) is 5.91 Å². The van der Waals surface area contributed by atoms with Crippen molar-refractivity contribution in [3.8, 4) is 17.3 Å². The molecule has 0 spiro atoms. The van der Waals surface area contributed by atoms with Crippen molar-refractivity contribution in [3.63, 3.8) is 0 Å². The fourth-order valence-corrected chi connectivity index (χ4v) is 4.14. The lowest BCUT2D eigenvalue weighted by Gasteiger charge is -2.06. The van der Waals surface area contributed by atoms with Crippen LogP contribution in [0.4, 0.5) is 0 Å². The lowest BCUT2D eigenvalue weighted by Crippen LogP contribution is -2.23. The molecule has 0 unspecified atom stereocenters. The molecule has 10 heteroatoms. The Hall–Kier alpha value is -3.20. The predicted molar refractivity (Wildman–Crippen MR) is 132 cm³/mol. The summed E-state index contributed by atoms with van der Waals surface area (Å²) in [6.07, 6.45) is 1.64. The normalized spacial score (nSPS) is 11.1. The fraction of sp³-hybridized carbons (Fsp3) is 0.0435. The number of amides is 1. The van der Waals surface area contributed by atoms with Gasteiger partial charge in [-0.1, -0.05) is 41.4 Å². The van der Waals surface area contributed by atoms with E-state index in [1.165, 1.54) is 0 Å². The molecule has 5 rings (SSSR count). The van der Waals surface area contributed by atoms with E-state index >= 15 is 0 Å². The summed E-state index contributed by atoms with van der Waals surface area (Å²) in [7, 11) is 0. The summed E-state index contributed by atoms with van der Waals surface area (Å²) < 4.78 is 2.20. The number of pyridine rings is 1. The van der Waals surface area contributed by atoms with E-state index in [0.29, 0.717) is 49.6 Å². The van der Waals surface area contributed by atoms with Gasteiger partial charge >= 0.3 is 0 Å². The Balaban J connectivity index is 1.49.